The van der Waals surface area contributed by atoms with Gasteiger partial charge >= 0.3 is 0 Å². The number of ketones is 1. The molecule has 1 N–H and O–H groups in total. The first-order valence-corrected chi connectivity index (χ1v) is 7.84. The molecule has 0 fully saturated rings. The maximum atomic E-state index is 11.4. The number of rotatable bonds is 5. The van der Waals surface area contributed by atoms with Gasteiger partial charge in [0, 0.05) is 18.0 Å². The lowest BCUT2D eigenvalue weighted by molar-refractivity contribution is 0.101. The minimum atomic E-state index is -0.109. The molecule has 0 amide bonds. The van der Waals surface area contributed by atoms with Crippen LogP contribution >= 0.6 is 0 Å². The first-order valence-electron chi connectivity index (χ1n) is 7.84. The van der Waals surface area contributed by atoms with Gasteiger partial charge in [0.1, 0.15) is 5.82 Å². The number of Topliss-reactive ketones (excluding diaryl/α,β-unsaturated/α-hetero) is 1. The van der Waals surface area contributed by atoms with E-state index < -0.39 is 0 Å². The SMILES string of the molecule is CC(=O)c1ccc(N[C@H](c2cccc(C)c2)c2ccccn2)nc1. The number of benzene rings is 1. The second-order valence-electron chi connectivity index (χ2n) is 5.73. The minimum Gasteiger partial charge on any atom is -0.358 e. The Hall–Kier alpha value is -3.01. The number of hydrogen-bond acceptors (Lipinski definition) is 4. The van der Waals surface area contributed by atoms with E-state index in [4.69, 9.17) is 0 Å². The van der Waals surface area contributed by atoms with Gasteiger partial charge in [-0.2, -0.15) is 0 Å². The number of aromatic nitrogens is 2. The van der Waals surface area contributed by atoms with Crippen molar-refractivity contribution in [2.75, 3.05) is 5.32 Å². The Labute approximate surface area is 141 Å². The first-order chi connectivity index (χ1) is 11.6. The van der Waals surface area contributed by atoms with Crippen LogP contribution in [0.5, 0.6) is 0 Å². The Bertz CT molecular complexity index is 829. The molecule has 0 aliphatic rings. The summed E-state index contributed by atoms with van der Waals surface area (Å²) in [5, 5.41) is 3.42. The lowest BCUT2D eigenvalue weighted by Crippen LogP contribution is -2.15. The third-order valence-corrected chi connectivity index (χ3v) is 3.82. The van der Waals surface area contributed by atoms with E-state index in [2.05, 4.69) is 40.4 Å². The molecule has 0 saturated carbocycles. The molecule has 1 atom stereocenters. The maximum absolute atomic E-state index is 11.4. The molecule has 0 aliphatic heterocycles. The van der Waals surface area contributed by atoms with Crippen LogP contribution < -0.4 is 5.32 Å². The zero-order valence-corrected chi connectivity index (χ0v) is 13.7. The van der Waals surface area contributed by atoms with Crippen LogP contribution in [0.25, 0.3) is 0 Å². The Morgan fingerprint density at radius 3 is 2.54 bits per heavy atom. The lowest BCUT2D eigenvalue weighted by Gasteiger charge is -2.20. The van der Waals surface area contributed by atoms with Crippen LogP contribution in [-0.4, -0.2) is 15.8 Å². The van der Waals surface area contributed by atoms with Crippen molar-refractivity contribution >= 4 is 11.6 Å². The molecule has 1 aromatic carbocycles. The fourth-order valence-corrected chi connectivity index (χ4v) is 2.56. The van der Waals surface area contributed by atoms with Gasteiger partial charge in [-0.3, -0.25) is 9.78 Å². The molecule has 120 valence electrons. The molecule has 24 heavy (non-hydrogen) atoms. The van der Waals surface area contributed by atoms with Gasteiger partial charge in [0.2, 0.25) is 0 Å². The van der Waals surface area contributed by atoms with E-state index in [1.807, 2.05) is 30.3 Å². The molecule has 2 aromatic heterocycles. The summed E-state index contributed by atoms with van der Waals surface area (Å²) in [6.45, 7) is 3.60. The highest BCUT2D eigenvalue weighted by Crippen LogP contribution is 2.25. The van der Waals surface area contributed by atoms with Crippen LogP contribution in [0.1, 0.15) is 40.1 Å². The fraction of sp³-hybridized carbons (Fsp3) is 0.150. The number of carbonyl (C=O) groups excluding carboxylic acids is 1. The van der Waals surface area contributed by atoms with Crippen molar-refractivity contribution in [3.8, 4) is 0 Å². The number of pyridine rings is 2. The third kappa shape index (κ3) is 3.66. The predicted molar refractivity (Wildman–Crippen MR) is 95.1 cm³/mol. The fourth-order valence-electron chi connectivity index (χ4n) is 2.56. The monoisotopic (exact) mass is 317 g/mol. The third-order valence-electron chi connectivity index (χ3n) is 3.82. The summed E-state index contributed by atoms with van der Waals surface area (Å²) in [5.41, 5.74) is 3.83. The van der Waals surface area contributed by atoms with Crippen molar-refractivity contribution in [3.05, 3.63) is 89.4 Å². The van der Waals surface area contributed by atoms with E-state index in [1.54, 1.807) is 18.5 Å². The molecule has 0 saturated heterocycles. The predicted octanol–water partition coefficient (Wildman–Crippen LogP) is 4.19. The highest BCUT2D eigenvalue weighted by molar-refractivity contribution is 5.93. The van der Waals surface area contributed by atoms with Crippen LogP contribution in [0.2, 0.25) is 0 Å². The number of aryl methyl sites for hydroxylation is 1. The maximum Gasteiger partial charge on any atom is 0.161 e. The van der Waals surface area contributed by atoms with E-state index in [0.29, 0.717) is 11.4 Å². The summed E-state index contributed by atoms with van der Waals surface area (Å²) in [6, 6.07) is 17.7. The zero-order valence-electron chi connectivity index (χ0n) is 13.7. The average Bonchev–Trinajstić information content (AvgIpc) is 2.61. The van der Waals surface area contributed by atoms with E-state index in [1.165, 1.54) is 12.5 Å². The smallest absolute Gasteiger partial charge is 0.161 e. The van der Waals surface area contributed by atoms with E-state index in [-0.39, 0.29) is 11.8 Å². The average molecular weight is 317 g/mol. The minimum absolute atomic E-state index is 0.00834. The van der Waals surface area contributed by atoms with Crippen LogP contribution in [0.3, 0.4) is 0 Å². The lowest BCUT2D eigenvalue weighted by atomic mass is 10.0. The quantitative estimate of drug-likeness (QED) is 0.717. The van der Waals surface area contributed by atoms with Gasteiger partial charge in [-0.15, -0.1) is 0 Å². The molecular formula is C20H19N3O. The zero-order chi connectivity index (χ0) is 16.9. The molecule has 0 radical (unpaired) electrons. The number of hydrogen-bond donors (Lipinski definition) is 1. The molecule has 4 heteroatoms. The van der Waals surface area contributed by atoms with Gasteiger partial charge in [0.25, 0.3) is 0 Å². The molecule has 2 heterocycles. The van der Waals surface area contributed by atoms with E-state index in [0.717, 1.165) is 11.3 Å². The summed E-state index contributed by atoms with van der Waals surface area (Å²) >= 11 is 0. The van der Waals surface area contributed by atoms with Crippen molar-refractivity contribution in [1.29, 1.82) is 0 Å². The van der Waals surface area contributed by atoms with Crippen molar-refractivity contribution in [1.82, 2.24) is 9.97 Å². The topological polar surface area (TPSA) is 54.9 Å². The Morgan fingerprint density at radius 2 is 1.92 bits per heavy atom. The number of anilines is 1. The second-order valence-corrected chi connectivity index (χ2v) is 5.73. The van der Waals surface area contributed by atoms with E-state index in [9.17, 15) is 4.79 Å². The van der Waals surface area contributed by atoms with Crippen molar-refractivity contribution in [2.45, 2.75) is 19.9 Å². The molecule has 3 aromatic rings. The van der Waals surface area contributed by atoms with Crippen LogP contribution in [-0.2, 0) is 0 Å². The summed E-state index contributed by atoms with van der Waals surface area (Å²) in [4.78, 5) is 20.2. The van der Waals surface area contributed by atoms with Crippen LogP contribution in [0.15, 0.2) is 67.0 Å². The van der Waals surface area contributed by atoms with Gasteiger partial charge in [0.05, 0.1) is 11.7 Å². The van der Waals surface area contributed by atoms with Gasteiger partial charge in [-0.05, 0) is 43.7 Å². The van der Waals surface area contributed by atoms with Crippen LogP contribution in [0.4, 0.5) is 5.82 Å². The first kappa shape index (κ1) is 15.9. The Kier molecular flexibility index (Phi) is 4.66. The van der Waals surface area contributed by atoms with Crippen molar-refractivity contribution in [3.63, 3.8) is 0 Å². The summed E-state index contributed by atoms with van der Waals surface area (Å²) in [6.07, 6.45) is 3.38. The standard InChI is InChI=1S/C20H19N3O/c1-14-6-5-7-16(12-14)20(18-8-3-4-11-21-18)23-19-10-9-17(13-22-19)15(2)24/h3-13,20H,1-2H3,(H,22,23)/t20-/m1/s1. The number of nitrogens with one attached hydrogen (secondary N) is 1. The normalized spacial score (nSPS) is 11.8. The van der Waals surface area contributed by atoms with Crippen molar-refractivity contribution < 1.29 is 4.79 Å². The van der Waals surface area contributed by atoms with E-state index >= 15 is 0 Å². The molecule has 3 rings (SSSR count). The number of carbonyl (C=O) groups is 1. The van der Waals surface area contributed by atoms with Gasteiger partial charge in [-0.1, -0.05) is 35.9 Å². The highest BCUT2D eigenvalue weighted by Gasteiger charge is 2.16. The van der Waals surface area contributed by atoms with Crippen molar-refractivity contribution in [2.24, 2.45) is 0 Å². The molecule has 0 unspecified atom stereocenters. The van der Waals surface area contributed by atoms with Gasteiger partial charge in [-0.25, -0.2) is 4.98 Å². The molecule has 0 bridgehead atoms. The summed E-state index contributed by atoms with van der Waals surface area (Å²) in [7, 11) is 0. The second kappa shape index (κ2) is 7.04. The largest absolute Gasteiger partial charge is 0.358 e. The Balaban J connectivity index is 1.94. The number of nitrogens with zero attached hydrogens (tertiary/aromatic N) is 2. The summed E-state index contributed by atoms with van der Waals surface area (Å²) < 4.78 is 0. The molecular weight excluding hydrogens is 298 g/mol. The molecule has 4 nitrogen and oxygen atoms in total. The van der Waals surface area contributed by atoms with Gasteiger partial charge < -0.3 is 5.32 Å². The Morgan fingerprint density at radius 1 is 1.04 bits per heavy atom. The van der Waals surface area contributed by atoms with Crippen LogP contribution in [0, 0.1) is 6.92 Å². The van der Waals surface area contributed by atoms with Gasteiger partial charge in [0.15, 0.2) is 5.78 Å². The summed E-state index contributed by atoms with van der Waals surface area (Å²) in [5.74, 6) is 0.714. The highest BCUT2D eigenvalue weighted by atomic mass is 16.1. The molecule has 0 spiro atoms. The molecule has 0 aliphatic carbocycles.